The highest BCUT2D eigenvalue weighted by Crippen LogP contribution is 2.25. The monoisotopic (exact) mass is 427 g/mol. The summed E-state index contributed by atoms with van der Waals surface area (Å²) in [6.07, 6.45) is 6.00. The van der Waals surface area contributed by atoms with E-state index in [0.717, 1.165) is 19.3 Å². The van der Waals surface area contributed by atoms with Gasteiger partial charge in [0.25, 0.3) is 10.0 Å². The first kappa shape index (κ1) is 20.0. The van der Waals surface area contributed by atoms with E-state index in [0.29, 0.717) is 29.9 Å². The molecule has 0 aliphatic carbocycles. The van der Waals surface area contributed by atoms with Gasteiger partial charge in [-0.25, -0.2) is 8.42 Å². The summed E-state index contributed by atoms with van der Waals surface area (Å²) >= 11 is 0. The highest BCUT2D eigenvalue weighted by Gasteiger charge is 2.25. The quantitative estimate of drug-likeness (QED) is 0.665. The molecule has 1 saturated heterocycles. The molecule has 1 aromatic carbocycles. The maximum Gasteiger partial charge on any atom is 0.316 e. The van der Waals surface area contributed by atoms with Gasteiger partial charge in [-0.05, 0) is 49.9 Å². The standard InChI is InChI=1S/C20H21N5O4S/c1-14-7-8-15(12-17(14)30(27,28)24-16-6-5-9-21-13-16)18-22-19(29-23-18)20(26)25-10-3-2-4-11-25/h5-9,12-13,24H,2-4,10-11H2,1H3. The molecule has 3 aromatic rings. The number of aromatic nitrogens is 3. The first-order valence-electron chi connectivity index (χ1n) is 9.61. The van der Waals surface area contributed by atoms with Crippen LogP contribution in [-0.2, 0) is 10.0 Å². The molecule has 1 aliphatic heterocycles. The van der Waals surface area contributed by atoms with E-state index in [1.54, 1.807) is 42.3 Å². The zero-order chi connectivity index (χ0) is 21.1. The molecule has 2 aromatic heterocycles. The van der Waals surface area contributed by atoms with E-state index < -0.39 is 10.0 Å². The van der Waals surface area contributed by atoms with E-state index in [9.17, 15) is 13.2 Å². The van der Waals surface area contributed by atoms with E-state index in [-0.39, 0.29) is 22.5 Å². The number of likely N-dealkylation sites (tertiary alicyclic amines) is 1. The number of aryl methyl sites for hydroxylation is 1. The Morgan fingerprint density at radius 1 is 1.17 bits per heavy atom. The highest BCUT2D eigenvalue weighted by molar-refractivity contribution is 7.92. The summed E-state index contributed by atoms with van der Waals surface area (Å²) in [5.74, 6) is -0.231. The van der Waals surface area contributed by atoms with Crippen molar-refractivity contribution in [3.63, 3.8) is 0 Å². The van der Waals surface area contributed by atoms with Gasteiger partial charge in [0.2, 0.25) is 5.82 Å². The first-order valence-corrected chi connectivity index (χ1v) is 11.1. The van der Waals surface area contributed by atoms with Gasteiger partial charge < -0.3 is 9.42 Å². The highest BCUT2D eigenvalue weighted by atomic mass is 32.2. The van der Waals surface area contributed by atoms with Gasteiger partial charge in [-0.3, -0.25) is 14.5 Å². The van der Waals surface area contributed by atoms with Crippen LogP contribution in [0.15, 0.2) is 52.1 Å². The second-order valence-corrected chi connectivity index (χ2v) is 8.75. The molecule has 30 heavy (non-hydrogen) atoms. The van der Waals surface area contributed by atoms with Crippen LogP contribution in [0.1, 0.15) is 35.5 Å². The van der Waals surface area contributed by atoms with Crippen LogP contribution in [-0.4, -0.2) is 47.4 Å². The topological polar surface area (TPSA) is 118 Å². The lowest BCUT2D eigenvalue weighted by Gasteiger charge is -2.24. The molecule has 3 heterocycles. The Kier molecular flexibility index (Phi) is 5.49. The molecule has 1 aliphatic rings. The van der Waals surface area contributed by atoms with Crippen LogP contribution in [0.2, 0.25) is 0 Å². The average molecular weight is 427 g/mol. The van der Waals surface area contributed by atoms with Crippen molar-refractivity contribution in [2.45, 2.75) is 31.1 Å². The predicted molar refractivity (Wildman–Crippen MR) is 109 cm³/mol. The van der Waals surface area contributed by atoms with E-state index in [4.69, 9.17) is 4.52 Å². The summed E-state index contributed by atoms with van der Waals surface area (Å²) in [4.78, 5) is 22.4. The fourth-order valence-corrected chi connectivity index (χ4v) is 4.64. The van der Waals surface area contributed by atoms with Gasteiger partial charge in [-0.15, -0.1) is 0 Å². The zero-order valence-corrected chi connectivity index (χ0v) is 17.2. The van der Waals surface area contributed by atoms with Crippen molar-refractivity contribution in [1.82, 2.24) is 20.0 Å². The SMILES string of the molecule is Cc1ccc(-c2noc(C(=O)N3CCCCC3)n2)cc1S(=O)(=O)Nc1cccnc1. The third-order valence-corrected chi connectivity index (χ3v) is 6.43. The Morgan fingerprint density at radius 2 is 1.97 bits per heavy atom. The number of anilines is 1. The third kappa shape index (κ3) is 4.18. The number of hydrogen-bond donors (Lipinski definition) is 1. The van der Waals surface area contributed by atoms with Gasteiger partial charge >= 0.3 is 11.8 Å². The summed E-state index contributed by atoms with van der Waals surface area (Å²) in [5.41, 5.74) is 1.35. The molecule has 0 spiro atoms. The largest absolute Gasteiger partial charge is 0.334 e. The maximum atomic E-state index is 12.9. The number of sulfonamides is 1. The molecule has 0 bridgehead atoms. The molecule has 1 N–H and O–H groups in total. The number of piperidine rings is 1. The molecule has 10 heteroatoms. The molecule has 0 atom stereocenters. The van der Waals surface area contributed by atoms with Crippen molar-refractivity contribution in [3.05, 3.63) is 54.2 Å². The Bertz CT molecular complexity index is 1150. The lowest BCUT2D eigenvalue weighted by molar-refractivity contribution is 0.0674. The molecule has 4 rings (SSSR count). The van der Waals surface area contributed by atoms with Crippen LogP contribution in [0.5, 0.6) is 0 Å². The lowest BCUT2D eigenvalue weighted by Crippen LogP contribution is -2.35. The van der Waals surface area contributed by atoms with E-state index >= 15 is 0 Å². The Balaban J connectivity index is 1.60. The van der Waals surface area contributed by atoms with Gasteiger partial charge in [-0.1, -0.05) is 17.3 Å². The van der Waals surface area contributed by atoms with Crippen molar-refractivity contribution in [2.75, 3.05) is 17.8 Å². The average Bonchev–Trinajstić information content (AvgIpc) is 3.25. The molecular weight excluding hydrogens is 406 g/mol. The number of nitrogens with one attached hydrogen (secondary N) is 1. The smallest absolute Gasteiger partial charge is 0.316 e. The van der Waals surface area contributed by atoms with Gasteiger partial charge in [0.05, 0.1) is 16.8 Å². The second kappa shape index (κ2) is 8.23. The number of carbonyl (C=O) groups excluding carboxylic acids is 1. The number of pyridine rings is 1. The Morgan fingerprint density at radius 3 is 2.70 bits per heavy atom. The lowest BCUT2D eigenvalue weighted by atomic mass is 10.1. The van der Waals surface area contributed by atoms with Crippen LogP contribution in [0.25, 0.3) is 11.4 Å². The molecule has 9 nitrogen and oxygen atoms in total. The number of hydrogen-bond acceptors (Lipinski definition) is 7. The molecule has 1 amide bonds. The Labute approximate surface area is 174 Å². The molecular formula is C20H21N5O4S. The molecule has 156 valence electrons. The number of benzene rings is 1. The van der Waals surface area contributed by atoms with E-state index in [1.165, 1.54) is 12.3 Å². The van der Waals surface area contributed by atoms with Crippen molar-refractivity contribution >= 4 is 21.6 Å². The van der Waals surface area contributed by atoms with Crippen LogP contribution >= 0.6 is 0 Å². The minimum atomic E-state index is -3.85. The summed E-state index contributed by atoms with van der Waals surface area (Å²) in [5, 5.41) is 3.88. The van der Waals surface area contributed by atoms with Gasteiger partial charge in [0, 0.05) is 24.8 Å². The molecule has 0 radical (unpaired) electrons. The van der Waals surface area contributed by atoms with Crippen LogP contribution < -0.4 is 4.72 Å². The van der Waals surface area contributed by atoms with Crippen LogP contribution in [0.3, 0.4) is 0 Å². The number of rotatable bonds is 5. The van der Waals surface area contributed by atoms with Gasteiger partial charge in [0.15, 0.2) is 0 Å². The number of carbonyl (C=O) groups is 1. The fraction of sp³-hybridized carbons (Fsp3) is 0.300. The summed E-state index contributed by atoms with van der Waals surface area (Å²) in [6, 6.07) is 8.07. The second-order valence-electron chi connectivity index (χ2n) is 7.10. The van der Waals surface area contributed by atoms with Crippen LogP contribution in [0.4, 0.5) is 5.69 Å². The number of nitrogens with zero attached hydrogens (tertiary/aromatic N) is 4. The zero-order valence-electron chi connectivity index (χ0n) is 16.4. The first-order chi connectivity index (χ1) is 14.4. The molecule has 0 saturated carbocycles. The van der Waals surface area contributed by atoms with Gasteiger partial charge in [-0.2, -0.15) is 4.98 Å². The minimum Gasteiger partial charge on any atom is -0.334 e. The maximum absolute atomic E-state index is 12.9. The van der Waals surface area contributed by atoms with Gasteiger partial charge in [0.1, 0.15) is 0 Å². The summed E-state index contributed by atoms with van der Waals surface area (Å²) in [7, 11) is -3.85. The minimum absolute atomic E-state index is 0.0811. The van der Waals surface area contributed by atoms with Crippen molar-refractivity contribution in [2.24, 2.45) is 0 Å². The number of amides is 1. The van der Waals surface area contributed by atoms with E-state index in [2.05, 4.69) is 19.8 Å². The molecule has 0 unspecified atom stereocenters. The Hall–Kier alpha value is -3.27. The molecule has 1 fully saturated rings. The van der Waals surface area contributed by atoms with E-state index in [1.807, 2.05) is 0 Å². The van der Waals surface area contributed by atoms with Crippen molar-refractivity contribution in [3.8, 4) is 11.4 Å². The normalized spacial score (nSPS) is 14.5. The predicted octanol–water partition coefficient (Wildman–Crippen LogP) is 2.87. The summed E-state index contributed by atoms with van der Waals surface area (Å²) < 4.78 is 33.4. The van der Waals surface area contributed by atoms with Crippen molar-refractivity contribution < 1.29 is 17.7 Å². The van der Waals surface area contributed by atoms with Crippen molar-refractivity contribution in [1.29, 1.82) is 0 Å². The third-order valence-electron chi connectivity index (χ3n) is 4.90. The fourth-order valence-electron chi connectivity index (χ4n) is 3.32. The summed E-state index contributed by atoms with van der Waals surface area (Å²) in [6.45, 7) is 3.04. The van der Waals surface area contributed by atoms with Crippen LogP contribution in [0, 0.1) is 6.92 Å².